The summed E-state index contributed by atoms with van der Waals surface area (Å²) in [6.07, 6.45) is -0.234. The molecule has 7 nitrogen and oxygen atoms in total. The highest BCUT2D eigenvalue weighted by molar-refractivity contribution is 6.51. The Morgan fingerprint density at radius 2 is 1.63 bits per heavy atom. The van der Waals surface area contributed by atoms with Crippen molar-refractivity contribution in [2.45, 2.75) is 32.4 Å². The number of carbonyl (C=O) groups is 3. The number of aliphatic carboxylic acids is 1. The van der Waals surface area contributed by atoms with Crippen LogP contribution in [0.2, 0.25) is 0 Å². The maximum Gasteiger partial charge on any atom is 0.307 e. The monoisotopic (exact) mass is 471 g/mol. The van der Waals surface area contributed by atoms with Crippen LogP contribution in [0.25, 0.3) is 5.76 Å². The number of Topliss-reactive ketones (excluding diaryl/α,β-unsaturated/α-hetero) is 1. The van der Waals surface area contributed by atoms with Gasteiger partial charge in [0.1, 0.15) is 11.5 Å². The van der Waals surface area contributed by atoms with Gasteiger partial charge in [-0.25, -0.2) is 0 Å². The third kappa shape index (κ3) is 4.94. The van der Waals surface area contributed by atoms with Gasteiger partial charge in [-0.3, -0.25) is 19.3 Å². The molecular weight excluding hydrogens is 446 g/mol. The molecule has 0 spiro atoms. The lowest BCUT2D eigenvalue weighted by Gasteiger charge is -2.25. The number of hydrogen-bond donors (Lipinski definition) is 2. The Morgan fingerprint density at radius 1 is 0.943 bits per heavy atom. The molecule has 178 valence electrons. The van der Waals surface area contributed by atoms with Crippen molar-refractivity contribution < 1.29 is 29.3 Å². The number of ketones is 1. The highest BCUT2D eigenvalue weighted by Gasteiger charge is 2.46. The molecule has 1 saturated heterocycles. The van der Waals surface area contributed by atoms with Crippen LogP contribution in [-0.2, 0) is 20.8 Å². The third-order valence-corrected chi connectivity index (χ3v) is 5.61. The number of carboxylic acid groups (broad SMARTS) is 1. The van der Waals surface area contributed by atoms with Gasteiger partial charge in [0.05, 0.1) is 24.1 Å². The minimum Gasteiger partial charge on any atom is -0.507 e. The van der Waals surface area contributed by atoms with Gasteiger partial charge in [-0.2, -0.15) is 0 Å². The molecule has 0 bridgehead atoms. The standard InChI is InChI=1S/C28H25NO6/c1-17(2)35-22-10-6-9-20(16-22)26(32)24-25(19-7-4-3-5-8-19)29(28(34)27(24)33)21-13-11-18(12-14-21)15-23(30)31/h3-14,16-17,25,32H,15H2,1-2H3,(H,30,31)/b26-24-. The molecule has 0 aliphatic carbocycles. The van der Waals surface area contributed by atoms with Crippen molar-refractivity contribution in [1.82, 2.24) is 0 Å². The summed E-state index contributed by atoms with van der Waals surface area (Å²) >= 11 is 0. The molecule has 3 aromatic carbocycles. The number of amides is 1. The van der Waals surface area contributed by atoms with Crippen molar-refractivity contribution in [3.05, 3.63) is 101 Å². The minimum atomic E-state index is -0.967. The van der Waals surface area contributed by atoms with Gasteiger partial charge < -0.3 is 14.9 Å². The molecule has 1 heterocycles. The van der Waals surface area contributed by atoms with Crippen LogP contribution in [0.4, 0.5) is 5.69 Å². The molecule has 1 unspecified atom stereocenters. The number of rotatable bonds is 7. The molecule has 1 amide bonds. The molecule has 1 atom stereocenters. The van der Waals surface area contributed by atoms with Gasteiger partial charge in [-0.05, 0) is 49.2 Å². The van der Waals surface area contributed by atoms with Crippen molar-refractivity contribution in [2.24, 2.45) is 0 Å². The Bertz CT molecular complexity index is 1290. The number of aliphatic hydroxyl groups is 1. The second-order valence-electron chi connectivity index (χ2n) is 8.51. The van der Waals surface area contributed by atoms with E-state index in [1.165, 1.54) is 4.90 Å². The van der Waals surface area contributed by atoms with Gasteiger partial charge in [-0.15, -0.1) is 0 Å². The lowest BCUT2D eigenvalue weighted by molar-refractivity contribution is -0.136. The van der Waals surface area contributed by atoms with Crippen molar-refractivity contribution in [3.8, 4) is 5.75 Å². The molecular formula is C28H25NO6. The molecule has 7 heteroatoms. The molecule has 0 saturated carbocycles. The van der Waals surface area contributed by atoms with Crippen molar-refractivity contribution >= 4 is 29.1 Å². The van der Waals surface area contributed by atoms with E-state index in [0.29, 0.717) is 28.1 Å². The molecule has 1 aliphatic rings. The number of anilines is 1. The normalized spacial score (nSPS) is 17.1. The summed E-state index contributed by atoms with van der Waals surface area (Å²) < 4.78 is 5.72. The van der Waals surface area contributed by atoms with E-state index in [4.69, 9.17) is 9.84 Å². The number of carboxylic acids is 1. The fraction of sp³-hybridized carbons (Fsp3) is 0.179. The van der Waals surface area contributed by atoms with E-state index in [0.717, 1.165) is 0 Å². The van der Waals surface area contributed by atoms with Crippen LogP contribution in [0, 0.1) is 0 Å². The van der Waals surface area contributed by atoms with Crippen LogP contribution in [0.1, 0.15) is 36.6 Å². The van der Waals surface area contributed by atoms with Gasteiger partial charge in [0.2, 0.25) is 0 Å². The SMILES string of the molecule is CC(C)Oc1cccc(/C(O)=C2/C(=O)C(=O)N(c3ccc(CC(=O)O)cc3)C2c2ccccc2)c1. The lowest BCUT2D eigenvalue weighted by Crippen LogP contribution is -2.29. The third-order valence-electron chi connectivity index (χ3n) is 5.61. The van der Waals surface area contributed by atoms with Gasteiger partial charge in [0.25, 0.3) is 11.7 Å². The summed E-state index contributed by atoms with van der Waals surface area (Å²) in [6.45, 7) is 3.77. The van der Waals surface area contributed by atoms with Crippen LogP contribution >= 0.6 is 0 Å². The fourth-order valence-electron chi connectivity index (χ4n) is 4.14. The number of hydrogen-bond acceptors (Lipinski definition) is 5. The minimum absolute atomic E-state index is 0.0301. The number of aliphatic hydroxyl groups excluding tert-OH is 1. The predicted octanol–water partition coefficient (Wildman–Crippen LogP) is 4.73. The second kappa shape index (κ2) is 9.85. The van der Waals surface area contributed by atoms with Crippen molar-refractivity contribution in [3.63, 3.8) is 0 Å². The molecule has 1 fully saturated rings. The number of benzene rings is 3. The number of ether oxygens (including phenoxy) is 1. The summed E-state index contributed by atoms with van der Waals surface area (Å²) in [4.78, 5) is 38.8. The summed E-state index contributed by atoms with van der Waals surface area (Å²) in [7, 11) is 0. The Morgan fingerprint density at radius 3 is 2.26 bits per heavy atom. The summed E-state index contributed by atoms with van der Waals surface area (Å²) in [5.74, 6) is -2.31. The Balaban J connectivity index is 1.84. The molecule has 2 N–H and O–H groups in total. The Hall–Kier alpha value is -4.39. The number of nitrogens with zero attached hydrogens (tertiary/aromatic N) is 1. The summed E-state index contributed by atoms with van der Waals surface area (Å²) in [6, 6.07) is 21.3. The highest BCUT2D eigenvalue weighted by Crippen LogP contribution is 2.42. The maximum atomic E-state index is 13.2. The molecule has 35 heavy (non-hydrogen) atoms. The van der Waals surface area contributed by atoms with Crippen molar-refractivity contribution in [1.29, 1.82) is 0 Å². The maximum absolute atomic E-state index is 13.2. The molecule has 3 aromatic rings. The molecule has 4 rings (SSSR count). The Labute approximate surface area is 202 Å². The largest absolute Gasteiger partial charge is 0.507 e. The average molecular weight is 472 g/mol. The van der Waals surface area contributed by atoms with E-state index >= 15 is 0 Å². The van der Waals surface area contributed by atoms with E-state index in [1.807, 2.05) is 19.9 Å². The molecule has 1 aliphatic heterocycles. The average Bonchev–Trinajstić information content (AvgIpc) is 3.09. The fourth-order valence-corrected chi connectivity index (χ4v) is 4.14. The first-order chi connectivity index (χ1) is 16.8. The first kappa shape index (κ1) is 23.8. The topological polar surface area (TPSA) is 104 Å². The summed E-state index contributed by atoms with van der Waals surface area (Å²) in [5, 5.41) is 20.3. The Kier molecular flexibility index (Phi) is 6.68. The van der Waals surface area contributed by atoms with Crippen LogP contribution in [-0.4, -0.2) is 34.0 Å². The van der Waals surface area contributed by atoms with Gasteiger partial charge in [0.15, 0.2) is 0 Å². The van der Waals surface area contributed by atoms with E-state index in [2.05, 4.69) is 0 Å². The predicted molar refractivity (Wildman–Crippen MR) is 131 cm³/mol. The van der Waals surface area contributed by atoms with E-state index < -0.39 is 23.7 Å². The number of carbonyl (C=O) groups excluding carboxylic acids is 2. The molecule has 0 aromatic heterocycles. The van der Waals surface area contributed by atoms with E-state index in [1.54, 1.807) is 72.8 Å². The van der Waals surface area contributed by atoms with Gasteiger partial charge in [0, 0.05) is 11.3 Å². The highest BCUT2D eigenvalue weighted by atomic mass is 16.5. The first-order valence-corrected chi connectivity index (χ1v) is 11.2. The van der Waals surface area contributed by atoms with Gasteiger partial charge >= 0.3 is 5.97 Å². The van der Waals surface area contributed by atoms with Crippen LogP contribution < -0.4 is 9.64 Å². The van der Waals surface area contributed by atoms with Crippen LogP contribution in [0.3, 0.4) is 0 Å². The van der Waals surface area contributed by atoms with Gasteiger partial charge in [-0.1, -0.05) is 54.6 Å². The molecule has 0 radical (unpaired) electrons. The zero-order chi connectivity index (χ0) is 25.1. The smallest absolute Gasteiger partial charge is 0.307 e. The second-order valence-corrected chi connectivity index (χ2v) is 8.51. The van der Waals surface area contributed by atoms with E-state index in [-0.39, 0.29) is 23.9 Å². The van der Waals surface area contributed by atoms with Crippen molar-refractivity contribution in [2.75, 3.05) is 4.90 Å². The quantitative estimate of drug-likeness (QED) is 0.293. The zero-order valence-electron chi connectivity index (χ0n) is 19.3. The first-order valence-electron chi connectivity index (χ1n) is 11.2. The van der Waals surface area contributed by atoms with Crippen LogP contribution in [0.15, 0.2) is 84.4 Å². The summed E-state index contributed by atoms with van der Waals surface area (Å²) in [5.41, 5.74) is 1.97. The van der Waals surface area contributed by atoms with E-state index in [9.17, 15) is 19.5 Å². The van der Waals surface area contributed by atoms with Crippen LogP contribution in [0.5, 0.6) is 5.75 Å². The lowest BCUT2D eigenvalue weighted by atomic mass is 9.95. The zero-order valence-corrected chi connectivity index (χ0v) is 19.3.